The van der Waals surface area contributed by atoms with E-state index in [0.717, 1.165) is 11.3 Å². The minimum absolute atomic E-state index is 0.241. The van der Waals surface area contributed by atoms with Crippen molar-refractivity contribution in [1.82, 2.24) is 25.1 Å². The first-order chi connectivity index (χ1) is 17.1. The van der Waals surface area contributed by atoms with Gasteiger partial charge in [0.15, 0.2) is 5.82 Å². The standard InChI is InChI=1S/C26H26F2N6O/c1-35-20-12-10-19(11-13-20)18-34-26(29-30-31-34)25(21-6-2-3-7-22(21)27)33-16-14-32(15-17-33)24-9-5-4-8-23(24)28/h2-13,25H,14-18H2,1H3/t25-/m1/s1. The number of hydrogen-bond donors (Lipinski definition) is 0. The van der Waals surface area contributed by atoms with E-state index in [1.807, 2.05) is 41.3 Å². The second kappa shape index (κ2) is 10.2. The Morgan fingerprint density at radius 3 is 2.23 bits per heavy atom. The van der Waals surface area contributed by atoms with Crippen molar-refractivity contribution in [2.24, 2.45) is 0 Å². The summed E-state index contributed by atoms with van der Waals surface area (Å²) in [5.41, 5.74) is 2.09. The zero-order valence-electron chi connectivity index (χ0n) is 19.4. The van der Waals surface area contributed by atoms with Crippen LogP contribution in [0.15, 0.2) is 72.8 Å². The maximum atomic E-state index is 15.0. The lowest BCUT2D eigenvalue weighted by molar-refractivity contribution is 0.197. The second-order valence-corrected chi connectivity index (χ2v) is 8.44. The Hall–Kier alpha value is -3.85. The summed E-state index contributed by atoms with van der Waals surface area (Å²) < 4.78 is 36.3. The SMILES string of the molecule is COc1ccc(Cn2nnnc2[C@@H](c2ccccc2F)N2CCN(c3ccccc3F)CC2)cc1. The Balaban J connectivity index is 1.43. The Kier molecular flexibility index (Phi) is 6.67. The average Bonchev–Trinajstić information content (AvgIpc) is 3.34. The van der Waals surface area contributed by atoms with Crippen LogP contribution in [0.5, 0.6) is 5.75 Å². The molecule has 1 atom stereocenters. The molecule has 1 saturated heterocycles. The number of piperazine rings is 1. The van der Waals surface area contributed by atoms with Crippen LogP contribution in [0.25, 0.3) is 0 Å². The average molecular weight is 477 g/mol. The van der Waals surface area contributed by atoms with Gasteiger partial charge in [-0.3, -0.25) is 4.90 Å². The molecular weight excluding hydrogens is 450 g/mol. The van der Waals surface area contributed by atoms with Gasteiger partial charge in [0.05, 0.1) is 19.3 Å². The molecule has 1 aliphatic heterocycles. The quantitative estimate of drug-likeness (QED) is 0.403. The van der Waals surface area contributed by atoms with Crippen LogP contribution in [0.3, 0.4) is 0 Å². The number of nitrogens with zero attached hydrogens (tertiary/aromatic N) is 6. The highest BCUT2D eigenvalue weighted by Crippen LogP contribution is 2.31. The fraction of sp³-hybridized carbons (Fsp3) is 0.269. The van der Waals surface area contributed by atoms with Crippen molar-refractivity contribution in [3.63, 3.8) is 0 Å². The van der Waals surface area contributed by atoms with E-state index in [2.05, 4.69) is 20.4 Å². The smallest absolute Gasteiger partial charge is 0.173 e. The van der Waals surface area contributed by atoms with Gasteiger partial charge in [0.1, 0.15) is 23.4 Å². The Labute approximate surface area is 202 Å². The van der Waals surface area contributed by atoms with Gasteiger partial charge in [-0.25, -0.2) is 13.5 Å². The lowest BCUT2D eigenvalue weighted by Crippen LogP contribution is -2.48. The summed E-state index contributed by atoms with van der Waals surface area (Å²) in [5, 5.41) is 12.5. The van der Waals surface area contributed by atoms with Crippen molar-refractivity contribution in [3.8, 4) is 5.75 Å². The van der Waals surface area contributed by atoms with Crippen molar-refractivity contribution in [1.29, 1.82) is 0 Å². The number of para-hydroxylation sites is 1. The number of benzene rings is 3. The van der Waals surface area contributed by atoms with Crippen LogP contribution in [0.2, 0.25) is 0 Å². The lowest BCUT2D eigenvalue weighted by atomic mass is 10.0. The molecule has 0 bridgehead atoms. The molecule has 0 N–H and O–H groups in total. The first kappa shape index (κ1) is 22.9. The highest BCUT2D eigenvalue weighted by atomic mass is 19.1. The van der Waals surface area contributed by atoms with Crippen LogP contribution in [-0.4, -0.2) is 58.4 Å². The topological polar surface area (TPSA) is 59.3 Å². The molecule has 4 aromatic rings. The molecule has 180 valence electrons. The number of aromatic nitrogens is 4. The molecule has 1 fully saturated rings. The normalized spacial score (nSPS) is 15.2. The van der Waals surface area contributed by atoms with E-state index in [4.69, 9.17) is 4.74 Å². The molecule has 3 aromatic carbocycles. The third-order valence-electron chi connectivity index (χ3n) is 6.37. The molecule has 1 aliphatic rings. The number of anilines is 1. The van der Waals surface area contributed by atoms with Gasteiger partial charge in [0.2, 0.25) is 0 Å². The second-order valence-electron chi connectivity index (χ2n) is 8.44. The Bertz CT molecular complexity index is 1270. The van der Waals surface area contributed by atoms with Crippen molar-refractivity contribution >= 4 is 5.69 Å². The van der Waals surface area contributed by atoms with Crippen molar-refractivity contribution < 1.29 is 13.5 Å². The van der Waals surface area contributed by atoms with Crippen LogP contribution in [0.1, 0.15) is 23.0 Å². The summed E-state index contributed by atoms with van der Waals surface area (Å²) in [4.78, 5) is 4.18. The molecule has 35 heavy (non-hydrogen) atoms. The molecule has 2 heterocycles. The first-order valence-electron chi connectivity index (χ1n) is 11.5. The number of methoxy groups -OCH3 is 1. The molecule has 9 heteroatoms. The van der Waals surface area contributed by atoms with E-state index in [1.165, 1.54) is 12.1 Å². The van der Waals surface area contributed by atoms with Crippen LogP contribution in [0, 0.1) is 11.6 Å². The van der Waals surface area contributed by atoms with Gasteiger partial charge in [-0.05, 0) is 46.3 Å². The fourth-order valence-corrected chi connectivity index (χ4v) is 4.55. The number of ether oxygens (including phenoxy) is 1. The van der Waals surface area contributed by atoms with Crippen LogP contribution in [0.4, 0.5) is 14.5 Å². The van der Waals surface area contributed by atoms with E-state index in [1.54, 1.807) is 36.1 Å². The Morgan fingerprint density at radius 2 is 1.54 bits per heavy atom. The maximum absolute atomic E-state index is 15.0. The summed E-state index contributed by atoms with van der Waals surface area (Å²) in [6.07, 6.45) is 0. The van der Waals surface area contributed by atoms with Gasteiger partial charge in [0, 0.05) is 31.7 Å². The zero-order chi connectivity index (χ0) is 24.2. The number of tetrazole rings is 1. The fourth-order valence-electron chi connectivity index (χ4n) is 4.55. The first-order valence-corrected chi connectivity index (χ1v) is 11.5. The molecule has 0 unspecified atom stereocenters. The van der Waals surface area contributed by atoms with Crippen LogP contribution >= 0.6 is 0 Å². The highest BCUT2D eigenvalue weighted by molar-refractivity contribution is 5.48. The monoisotopic (exact) mass is 476 g/mol. The largest absolute Gasteiger partial charge is 0.497 e. The van der Waals surface area contributed by atoms with Gasteiger partial charge in [-0.1, -0.05) is 42.5 Å². The summed E-state index contributed by atoms with van der Waals surface area (Å²) in [7, 11) is 1.62. The van der Waals surface area contributed by atoms with E-state index >= 15 is 4.39 Å². The van der Waals surface area contributed by atoms with E-state index in [-0.39, 0.29) is 11.6 Å². The third kappa shape index (κ3) is 4.85. The zero-order valence-corrected chi connectivity index (χ0v) is 19.4. The molecule has 1 aromatic heterocycles. The molecule has 0 saturated carbocycles. The number of rotatable bonds is 7. The summed E-state index contributed by atoms with van der Waals surface area (Å²) >= 11 is 0. The molecule has 0 amide bonds. The van der Waals surface area contributed by atoms with Crippen molar-refractivity contribution in [3.05, 3.63) is 101 Å². The van der Waals surface area contributed by atoms with E-state index < -0.39 is 6.04 Å². The molecule has 0 radical (unpaired) electrons. The maximum Gasteiger partial charge on any atom is 0.173 e. The number of hydrogen-bond acceptors (Lipinski definition) is 6. The van der Waals surface area contributed by atoms with E-state index in [0.29, 0.717) is 49.8 Å². The van der Waals surface area contributed by atoms with Gasteiger partial charge in [0.25, 0.3) is 0 Å². The molecule has 5 rings (SSSR count). The predicted octanol–water partition coefficient (Wildman–Crippen LogP) is 3.92. The van der Waals surface area contributed by atoms with Crippen molar-refractivity contribution in [2.45, 2.75) is 12.6 Å². The van der Waals surface area contributed by atoms with Gasteiger partial charge in [-0.15, -0.1) is 5.10 Å². The number of halogens is 2. The van der Waals surface area contributed by atoms with Crippen molar-refractivity contribution in [2.75, 3.05) is 38.2 Å². The van der Waals surface area contributed by atoms with Gasteiger partial charge < -0.3 is 9.64 Å². The molecular formula is C26H26F2N6O. The lowest BCUT2D eigenvalue weighted by Gasteiger charge is -2.40. The van der Waals surface area contributed by atoms with Gasteiger partial charge >= 0.3 is 0 Å². The Morgan fingerprint density at radius 1 is 0.857 bits per heavy atom. The predicted molar refractivity (Wildman–Crippen MR) is 128 cm³/mol. The minimum atomic E-state index is -0.479. The highest BCUT2D eigenvalue weighted by Gasteiger charge is 2.32. The minimum Gasteiger partial charge on any atom is -0.497 e. The summed E-state index contributed by atoms with van der Waals surface area (Å²) in [6, 6.07) is 20.7. The molecule has 0 aliphatic carbocycles. The van der Waals surface area contributed by atoms with E-state index in [9.17, 15) is 4.39 Å². The van der Waals surface area contributed by atoms with Gasteiger partial charge in [-0.2, -0.15) is 0 Å². The molecule has 0 spiro atoms. The van der Waals surface area contributed by atoms with Crippen LogP contribution in [-0.2, 0) is 6.54 Å². The summed E-state index contributed by atoms with van der Waals surface area (Å²) in [5.74, 6) is 0.774. The molecule has 7 nitrogen and oxygen atoms in total. The summed E-state index contributed by atoms with van der Waals surface area (Å²) in [6.45, 7) is 2.84. The third-order valence-corrected chi connectivity index (χ3v) is 6.37. The van der Waals surface area contributed by atoms with Crippen LogP contribution < -0.4 is 9.64 Å².